The number of sulfonamides is 1. The summed E-state index contributed by atoms with van der Waals surface area (Å²) < 4.78 is 49.3. The highest BCUT2D eigenvalue weighted by Gasteiger charge is 2.38. The highest BCUT2D eigenvalue weighted by molar-refractivity contribution is 7.95. The van der Waals surface area contributed by atoms with Gasteiger partial charge >= 0.3 is 0 Å². The van der Waals surface area contributed by atoms with Gasteiger partial charge in [0, 0.05) is 6.04 Å². The minimum Gasteiger partial charge on any atom is -0.229 e. The number of rotatable bonds is 3. The lowest BCUT2D eigenvalue weighted by Gasteiger charge is -2.24. The van der Waals surface area contributed by atoms with Gasteiger partial charge < -0.3 is 0 Å². The van der Waals surface area contributed by atoms with Crippen molar-refractivity contribution in [1.29, 1.82) is 0 Å². The van der Waals surface area contributed by atoms with Crippen LogP contribution >= 0.6 is 0 Å². The van der Waals surface area contributed by atoms with Crippen LogP contribution in [0.2, 0.25) is 0 Å². The monoisotopic (exact) mass is 281 g/mol. The average molecular weight is 281 g/mol. The normalized spacial score (nSPS) is 30.5. The van der Waals surface area contributed by atoms with Crippen LogP contribution in [0, 0.1) is 0 Å². The van der Waals surface area contributed by atoms with E-state index in [9.17, 15) is 16.8 Å². The molecule has 1 saturated heterocycles. The number of hydrogen-bond acceptors (Lipinski definition) is 4. The predicted octanol–water partition coefficient (Wildman–Crippen LogP) is 0.426. The minimum absolute atomic E-state index is 0.00322. The van der Waals surface area contributed by atoms with Gasteiger partial charge in [0.15, 0.2) is 9.84 Å². The van der Waals surface area contributed by atoms with Gasteiger partial charge in [0.2, 0.25) is 10.0 Å². The predicted molar refractivity (Wildman–Crippen MR) is 66.0 cm³/mol. The molecule has 0 aromatic rings. The molecule has 1 N–H and O–H groups in total. The molecule has 0 aromatic carbocycles. The van der Waals surface area contributed by atoms with Crippen LogP contribution in [0.3, 0.4) is 0 Å². The van der Waals surface area contributed by atoms with E-state index in [1.807, 2.05) is 0 Å². The van der Waals surface area contributed by atoms with E-state index in [0.717, 1.165) is 32.1 Å². The smallest absolute Gasteiger partial charge is 0.215 e. The molecule has 1 aliphatic carbocycles. The lowest BCUT2D eigenvalue weighted by molar-refractivity contribution is 0.410. The van der Waals surface area contributed by atoms with Crippen LogP contribution in [0.1, 0.15) is 38.5 Å². The molecule has 0 spiro atoms. The zero-order valence-corrected chi connectivity index (χ0v) is 11.4. The van der Waals surface area contributed by atoms with Crippen molar-refractivity contribution in [3.63, 3.8) is 0 Å². The standard InChI is InChI=1S/C10H19NO4S2/c12-16(13)7-6-10(8-16)17(14,15)11-9-4-2-1-3-5-9/h9-11H,1-8H2/t10-/m1/s1. The molecule has 1 saturated carbocycles. The van der Waals surface area contributed by atoms with Crippen molar-refractivity contribution in [3.05, 3.63) is 0 Å². The van der Waals surface area contributed by atoms with E-state index in [-0.39, 0.29) is 24.0 Å². The molecule has 1 aliphatic heterocycles. The fraction of sp³-hybridized carbons (Fsp3) is 1.00. The summed E-state index contributed by atoms with van der Waals surface area (Å²) in [4.78, 5) is 0. The zero-order valence-electron chi connectivity index (χ0n) is 9.76. The van der Waals surface area contributed by atoms with Crippen LogP contribution in [0.4, 0.5) is 0 Å². The number of hydrogen-bond donors (Lipinski definition) is 1. The summed E-state index contributed by atoms with van der Waals surface area (Å²) in [6.07, 6.45) is 5.25. The first-order chi connectivity index (χ1) is 7.89. The van der Waals surface area contributed by atoms with Gasteiger partial charge in [-0.1, -0.05) is 19.3 Å². The van der Waals surface area contributed by atoms with Gasteiger partial charge in [-0.3, -0.25) is 0 Å². The van der Waals surface area contributed by atoms with Crippen molar-refractivity contribution < 1.29 is 16.8 Å². The summed E-state index contributed by atoms with van der Waals surface area (Å²) in [6, 6.07) is 0.0112. The Hall–Kier alpha value is -0.140. The summed E-state index contributed by atoms with van der Waals surface area (Å²) in [6.45, 7) is 0. The van der Waals surface area contributed by atoms with E-state index in [2.05, 4.69) is 4.72 Å². The average Bonchev–Trinajstić information content (AvgIpc) is 2.60. The van der Waals surface area contributed by atoms with Gasteiger partial charge in [-0.15, -0.1) is 0 Å². The van der Waals surface area contributed by atoms with Crippen molar-refractivity contribution in [2.75, 3.05) is 11.5 Å². The van der Waals surface area contributed by atoms with E-state index in [1.54, 1.807) is 0 Å². The first kappa shape index (κ1) is 13.3. The Bertz CT molecular complexity index is 463. The molecule has 7 heteroatoms. The van der Waals surface area contributed by atoms with Crippen LogP contribution < -0.4 is 4.72 Å². The third kappa shape index (κ3) is 3.42. The molecule has 1 atom stereocenters. The second kappa shape index (κ2) is 4.85. The van der Waals surface area contributed by atoms with E-state index in [4.69, 9.17) is 0 Å². The quantitative estimate of drug-likeness (QED) is 0.813. The van der Waals surface area contributed by atoms with Crippen molar-refractivity contribution in [2.45, 2.75) is 49.8 Å². The lowest BCUT2D eigenvalue weighted by Crippen LogP contribution is -2.42. The Labute approximate surface area is 103 Å². The molecular weight excluding hydrogens is 262 g/mol. The summed E-state index contributed by atoms with van der Waals surface area (Å²) in [5.74, 6) is -0.210. The first-order valence-electron chi connectivity index (χ1n) is 6.11. The van der Waals surface area contributed by atoms with Gasteiger partial charge in [-0.25, -0.2) is 21.6 Å². The van der Waals surface area contributed by atoms with Gasteiger partial charge in [-0.2, -0.15) is 0 Å². The molecule has 2 rings (SSSR count). The fourth-order valence-electron chi connectivity index (χ4n) is 2.55. The second-order valence-corrected chi connectivity index (χ2v) is 9.24. The Morgan fingerprint density at radius 1 is 1.00 bits per heavy atom. The molecule has 0 amide bonds. The molecule has 17 heavy (non-hydrogen) atoms. The van der Waals surface area contributed by atoms with E-state index >= 15 is 0 Å². The van der Waals surface area contributed by atoms with Crippen LogP contribution in [-0.2, 0) is 19.9 Å². The topological polar surface area (TPSA) is 80.3 Å². The Morgan fingerprint density at radius 3 is 2.18 bits per heavy atom. The molecule has 0 aromatic heterocycles. The lowest BCUT2D eigenvalue weighted by atomic mass is 9.96. The number of sulfone groups is 1. The Morgan fingerprint density at radius 2 is 1.65 bits per heavy atom. The maximum atomic E-state index is 12.0. The van der Waals surface area contributed by atoms with Gasteiger partial charge in [-0.05, 0) is 19.3 Å². The molecule has 100 valence electrons. The summed E-state index contributed by atoms with van der Waals surface area (Å²) in [5.41, 5.74) is 0. The highest BCUT2D eigenvalue weighted by atomic mass is 32.2. The van der Waals surface area contributed by atoms with E-state index < -0.39 is 25.1 Å². The molecule has 0 unspecified atom stereocenters. The molecule has 0 bridgehead atoms. The van der Waals surface area contributed by atoms with Gasteiger partial charge in [0.25, 0.3) is 0 Å². The van der Waals surface area contributed by atoms with E-state index in [0.29, 0.717) is 0 Å². The molecular formula is C10H19NO4S2. The van der Waals surface area contributed by atoms with Crippen molar-refractivity contribution in [3.8, 4) is 0 Å². The SMILES string of the molecule is O=S1(=O)CC[C@@H](S(=O)(=O)NC2CCCCC2)C1. The summed E-state index contributed by atoms with van der Waals surface area (Å²) in [5, 5.41) is -0.741. The van der Waals surface area contributed by atoms with Crippen LogP contribution in [0.15, 0.2) is 0 Å². The minimum atomic E-state index is -3.46. The van der Waals surface area contributed by atoms with Crippen molar-refractivity contribution in [1.82, 2.24) is 4.72 Å². The third-order valence-corrected chi connectivity index (χ3v) is 7.49. The molecule has 5 nitrogen and oxygen atoms in total. The zero-order chi connectivity index (χ0) is 12.5. The van der Waals surface area contributed by atoms with Crippen LogP contribution in [0.5, 0.6) is 0 Å². The number of nitrogens with one attached hydrogen (secondary N) is 1. The van der Waals surface area contributed by atoms with Crippen LogP contribution in [0.25, 0.3) is 0 Å². The first-order valence-corrected chi connectivity index (χ1v) is 9.47. The summed E-state index contributed by atoms with van der Waals surface area (Å²) >= 11 is 0. The van der Waals surface area contributed by atoms with E-state index in [1.165, 1.54) is 0 Å². The molecule has 1 heterocycles. The van der Waals surface area contributed by atoms with Gasteiger partial charge in [0.05, 0.1) is 16.8 Å². The fourth-order valence-corrected chi connectivity index (χ4v) is 6.91. The van der Waals surface area contributed by atoms with Gasteiger partial charge in [0.1, 0.15) is 0 Å². The Balaban J connectivity index is 1.99. The molecule has 0 radical (unpaired) electrons. The van der Waals surface area contributed by atoms with Crippen molar-refractivity contribution in [2.24, 2.45) is 0 Å². The molecule has 2 aliphatic rings. The highest BCUT2D eigenvalue weighted by Crippen LogP contribution is 2.22. The molecule has 2 fully saturated rings. The van der Waals surface area contributed by atoms with Crippen molar-refractivity contribution >= 4 is 19.9 Å². The third-order valence-electron chi connectivity index (χ3n) is 3.57. The summed E-state index contributed by atoms with van der Waals surface area (Å²) in [7, 11) is -6.60. The van der Waals surface area contributed by atoms with Crippen LogP contribution in [-0.4, -0.2) is 39.6 Å². The second-order valence-electron chi connectivity index (χ2n) is 5.02. The Kier molecular flexibility index (Phi) is 3.80. The largest absolute Gasteiger partial charge is 0.229 e. The maximum absolute atomic E-state index is 12.0. The maximum Gasteiger partial charge on any atom is 0.215 e.